The molecule has 0 radical (unpaired) electrons. The van der Waals surface area contributed by atoms with Crippen molar-refractivity contribution < 1.29 is 19.8 Å². The molecule has 2 heterocycles. The fourth-order valence-electron chi connectivity index (χ4n) is 2.39. The highest BCUT2D eigenvalue weighted by atomic mass is 16.4. The lowest BCUT2D eigenvalue weighted by Gasteiger charge is -2.24. The summed E-state index contributed by atoms with van der Waals surface area (Å²) in [7, 11) is 0. The predicted molar refractivity (Wildman–Crippen MR) is 54.8 cm³/mol. The fourth-order valence-corrected chi connectivity index (χ4v) is 2.39. The second kappa shape index (κ2) is 4.39. The molecule has 1 amide bonds. The van der Waals surface area contributed by atoms with Crippen LogP contribution in [0.2, 0.25) is 0 Å². The Labute approximate surface area is 93.2 Å². The van der Waals surface area contributed by atoms with E-state index in [4.69, 9.17) is 5.11 Å². The molecule has 0 spiro atoms. The Balaban J connectivity index is 2.01. The van der Waals surface area contributed by atoms with Crippen LogP contribution in [0.3, 0.4) is 0 Å². The Morgan fingerprint density at radius 1 is 1.38 bits per heavy atom. The van der Waals surface area contributed by atoms with E-state index in [-0.39, 0.29) is 5.91 Å². The third-order valence-corrected chi connectivity index (χ3v) is 3.23. The van der Waals surface area contributed by atoms with Crippen molar-refractivity contribution in [2.24, 2.45) is 0 Å². The second-order valence-electron chi connectivity index (χ2n) is 4.38. The molecule has 2 aliphatic rings. The normalized spacial score (nSPS) is 34.3. The number of nitrogens with one attached hydrogen (secondary N) is 1. The van der Waals surface area contributed by atoms with Crippen molar-refractivity contribution in [3.05, 3.63) is 0 Å². The van der Waals surface area contributed by atoms with Crippen molar-refractivity contribution in [1.82, 2.24) is 10.2 Å². The van der Waals surface area contributed by atoms with Crippen LogP contribution in [-0.2, 0) is 9.59 Å². The largest absolute Gasteiger partial charge is 0.480 e. The Morgan fingerprint density at radius 2 is 2.12 bits per heavy atom. The van der Waals surface area contributed by atoms with Gasteiger partial charge in [-0.1, -0.05) is 0 Å². The van der Waals surface area contributed by atoms with Crippen LogP contribution in [0.4, 0.5) is 0 Å². The molecule has 2 saturated heterocycles. The van der Waals surface area contributed by atoms with Gasteiger partial charge in [-0.3, -0.25) is 4.79 Å². The van der Waals surface area contributed by atoms with Crippen LogP contribution < -0.4 is 5.32 Å². The molecule has 6 heteroatoms. The molecule has 2 unspecified atom stereocenters. The first-order chi connectivity index (χ1) is 7.59. The number of carboxylic acids is 1. The van der Waals surface area contributed by atoms with E-state index in [1.807, 2.05) is 0 Å². The number of hydrogen-bond acceptors (Lipinski definition) is 4. The summed E-state index contributed by atoms with van der Waals surface area (Å²) in [5.74, 6) is -1.13. The Bertz CT molecular complexity index is 307. The van der Waals surface area contributed by atoms with E-state index in [9.17, 15) is 14.7 Å². The lowest BCUT2D eigenvalue weighted by molar-refractivity contribution is -0.148. The zero-order chi connectivity index (χ0) is 11.7. The van der Waals surface area contributed by atoms with E-state index in [1.165, 1.54) is 4.90 Å². The molecule has 0 aliphatic carbocycles. The molecule has 2 rings (SSSR count). The molecule has 0 saturated carbocycles. The molecule has 16 heavy (non-hydrogen) atoms. The average Bonchev–Trinajstić information content (AvgIpc) is 2.84. The number of carbonyl (C=O) groups is 2. The topological polar surface area (TPSA) is 89.9 Å². The summed E-state index contributed by atoms with van der Waals surface area (Å²) >= 11 is 0. The molecule has 2 aliphatic heterocycles. The van der Waals surface area contributed by atoms with Gasteiger partial charge in [0.05, 0.1) is 12.1 Å². The van der Waals surface area contributed by atoms with Crippen LogP contribution in [0, 0.1) is 0 Å². The number of likely N-dealkylation sites (tertiary alicyclic amines) is 1. The molecule has 0 aromatic rings. The number of rotatable bonds is 2. The first-order valence-electron chi connectivity index (χ1n) is 5.54. The maximum absolute atomic E-state index is 12.0. The van der Waals surface area contributed by atoms with Crippen LogP contribution >= 0.6 is 0 Å². The maximum Gasteiger partial charge on any atom is 0.326 e. The van der Waals surface area contributed by atoms with Gasteiger partial charge in [-0.2, -0.15) is 0 Å². The molecule has 0 bridgehead atoms. The number of β-amino-alcohol motifs (C(OH)–C–C–N with tert-alkyl or cyclic N) is 1. The third-order valence-electron chi connectivity index (χ3n) is 3.23. The van der Waals surface area contributed by atoms with E-state index in [1.54, 1.807) is 0 Å². The number of nitrogens with zero attached hydrogens (tertiary/aromatic N) is 1. The highest BCUT2D eigenvalue weighted by Gasteiger charge is 2.39. The van der Waals surface area contributed by atoms with E-state index in [0.29, 0.717) is 25.9 Å². The fraction of sp³-hybridized carbons (Fsp3) is 0.800. The Morgan fingerprint density at radius 3 is 2.69 bits per heavy atom. The van der Waals surface area contributed by atoms with Crippen LogP contribution in [0.5, 0.6) is 0 Å². The molecular weight excluding hydrogens is 212 g/mol. The Hall–Kier alpha value is -1.14. The first-order valence-corrected chi connectivity index (χ1v) is 5.54. The minimum atomic E-state index is -0.940. The lowest BCUT2D eigenvalue weighted by atomic mass is 10.1. The molecule has 6 nitrogen and oxygen atoms in total. The monoisotopic (exact) mass is 228 g/mol. The molecule has 90 valence electrons. The van der Waals surface area contributed by atoms with Crippen molar-refractivity contribution in [3.8, 4) is 0 Å². The van der Waals surface area contributed by atoms with Gasteiger partial charge in [0.2, 0.25) is 5.91 Å². The summed E-state index contributed by atoms with van der Waals surface area (Å²) in [6.07, 6.45) is 1.13. The number of hydrogen-bond donors (Lipinski definition) is 3. The zero-order valence-electron chi connectivity index (χ0n) is 8.93. The van der Waals surface area contributed by atoms with E-state index < -0.39 is 24.2 Å². The quantitative estimate of drug-likeness (QED) is 0.551. The van der Waals surface area contributed by atoms with Crippen LogP contribution in [0.25, 0.3) is 0 Å². The van der Waals surface area contributed by atoms with Crippen LogP contribution in [0.1, 0.15) is 19.3 Å². The van der Waals surface area contributed by atoms with Gasteiger partial charge in [0.25, 0.3) is 0 Å². The molecule has 2 fully saturated rings. The van der Waals surface area contributed by atoms with Gasteiger partial charge in [-0.05, 0) is 19.3 Å². The molecule has 0 aromatic carbocycles. The number of aliphatic carboxylic acids is 1. The smallest absolute Gasteiger partial charge is 0.326 e. The molecule has 3 atom stereocenters. The van der Waals surface area contributed by atoms with Gasteiger partial charge in [0, 0.05) is 13.1 Å². The minimum Gasteiger partial charge on any atom is -0.480 e. The summed E-state index contributed by atoms with van der Waals surface area (Å²) in [5.41, 5.74) is 0. The van der Waals surface area contributed by atoms with Crippen LogP contribution in [-0.4, -0.2) is 58.3 Å². The molecule has 0 aromatic heterocycles. The number of carbonyl (C=O) groups excluding carboxylic acids is 1. The van der Waals surface area contributed by atoms with Crippen molar-refractivity contribution in [2.45, 2.75) is 37.5 Å². The Kier molecular flexibility index (Phi) is 3.11. The van der Waals surface area contributed by atoms with Gasteiger partial charge < -0.3 is 20.4 Å². The third kappa shape index (κ3) is 2.03. The lowest BCUT2D eigenvalue weighted by Crippen LogP contribution is -2.48. The highest BCUT2D eigenvalue weighted by Crippen LogP contribution is 2.20. The van der Waals surface area contributed by atoms with Gasteiger partial charge in [0.1, 0.15) is 6.04 Å². The van der Waals surface area contributed by atoms with Crippen LogP contribution in [0.15, 0.2) is 0 Å². The van der Waals surface area contributed by atoms with Gasteiger partial charge >= 0.3 is 5.97 Å². The summed E-state index contributed by atoms with van der Waals surface area (Å²) in [5, 5.41) is 21.2. The van der Waals surface area contributed by atoms with E-state index in [0.717, 1.165) is 6.42 Å². The second-order valence-corrected chi connectivity index (χ2v) is 4.38. The van der Waals surface area contributed by atoms with Crippen molar-refractivity contribution in [3.63, 3.8) is 0 Å². The zero-order valence-corrected chi connectivity index (χ0v) is 8.93. The highest BCUT2D eigenvalue weighted by molar-refractivity contribution is 5.87. The minimum absolute atomic E-state index is 0.193. The van der Waals surface area contributed by atoms with Gasteiger partial charge in [-0.25, -0.2) is 4.79 Å². The van der Waals surface area contributed by atoms with Crippen molar-refractivity contribution >= 4 is 11.9 Å². The van der Waals surface area contributed by atoms with Crippen molar-refractivity contribution in [2.75, 3.05) is 13.1 Å². The SMILES string of the molecule is O=C(O)[C@@H]1CCCN1C(=O)C1CC(O)CN1. The number of carboxylic acid groups (broad SMARTS) is 1. The standard InChI is InChI=1S/C10H16N2O4/c13-6-4-7(11-5-6)9(14)12-3-1-2-8(12)10(15)16/h6-8,11,13H,1-5H2,(H,15,16)/t6?,7?,8-/m0/s1. The summed E-state index contributed by atoms with van der Waals surface area (Å²) in [4.78, 5) is 24.3. The van der Waals surface area contributed by atoms with Gasteiger partial charge in [0.15, 0.2) is 0 Å². The van der Waals surface area contributed by atoms with Crippen molar-refractivity contribution in [1.29, 1.82) is 0 Å². The summed E-state index contributed by atoms with van der Waals surface area (Å²) < 4.78 is 0. The number of aliphatic hydroxyl groups excluding tert-OH is 1. The average molecular weight is 228 g/mol. The van der Waals surface area contributed by atoms with E-state index in [2.05, 4.69) is 5.32 Å². The number of aliphatic hydroxyl groups is 1. The summed E-state index contributed by atoms with van der Waals surface area (Å²) in [6, 6.07) is -1.11. The molecule has 3 N–H and O–H groups in total. The van der Waals surface area contributed by atoms with E-state index >= 15 is 0 Å². The predicted octanol–water partition coefficient (Wildman–Crippen LogP) is -1.22. The first kappa shape index (κ1) is 11.3. The number of amides is 1. The molecular formula is C10H16N2O4. The summed E-state index contributed by atoms with van der Waals surface area (Å²) in [6.45, 7) is 0.909. The maximum atomic E-state index is 12.0. The van der Waals surface area contributed by atoms with Gasteiger partial charge in [-0.15, -0.1) is 0 Å².